The molecule has 1 aliphatic rings. The Morgan fingerprint density at radius 2 is 2.33 bits per heavy atom. The molecular weight excluding hydrogens is 272 g/mol. The zero-order valence-corrected chi connectivity index (χ0v) is 11.6. The molecule has 1 fully saturated rings. The predicted molar refractivity (Wildman–Crippen MR) is 76.4 cm³/mol. The SMILES string of the molecule is CC1(C(=O)Nc2ccc([N+](=O)[O-])cc2C#N)CCCC1N. The molecule has 2 rings (SSSR count). The smallest absolute Gasteiger partial charge is 0.270 e. The maximum atomic E-state index is 12.4. The Morgan fingerprint density at radius 3 is 2.86 bits per heavy atom. The first-order valence-electron chi connectivity index (χ1n) is 6.64. The van der Waals surface area contributed by atoms with Crippen LogP contribution in [0.1, 0.15) is 31.7 Å². The molecule has 7 heteroatoms. The zero-order chi connectivity index (χ0) is 15.6. The molecule has 2 unspecified atom stereocenters. The van der Waals surface area contributed by atoms with Crippen molar-refractivity contribution in [3.05, 3.63) is 33.9 Å². The summed E-state index contributed by atoms with van der Waals surface area (Å²) in [6, 6.07) is 5.41. The number of benzene rings is 1. The fraction of sp³-hybridized carbons (Fsp3) is 0.429. The fourth-order valence-electron chi connectivity index (χ4n) is 2.59. The Labute approximate surface area is 121 Å². The lowest BCUT2D eigenvalue weighted by Crippen LogP contribution is -2.44. The van der Waals surface area contributed by atoms with Crippen LogP contribution in [0.2, 0.25) is 0 Å². The number of non-ortho nitro benzene ring substituents is 1. The topological polar surface area (TPSA) is 122 Å². The molecule has 0 bridgehead atoms. The largest absolute Gasteiger partial charge is 0.327 e. The molecule has 21 heavy (non-hydrogen) atoms. The lowest BCUT2D eigenvalue weighted by atomic mass is 9.84. The Morgan fingerprint density at radius 1 is 1.62 bits per heavy atom. The number of nitro groups is 1. The van der Waals surface area contributed by atoms with Gasteiger partial charge in [0.2, 0.25) is 5.91 Å². The number of hydrogen-bond acceptors (Lipinski definition) is 5. The van der Waals surface area contributed by atoms with Crippen LogP contribution in [-0.4, -0.2) is 16.9 Å². The van der Waals surface area contributed by atoms with Crippen molar-refractivity contribution in [3.63, 3.8) is 0 Å². The van der Waals surface area contributed by atoms with E-state index in [1.54, 1.807) is 6.92 Å². The summed E-state index contributed by atoms with van der Waals surface area (Å²) in [4.78, 5) is 22.5. The first kappa shape index (κ1) is 14.9. The number of nitriles is 1. The van der Waals surface area contributed by atoms with Crippen molar-refractivity contribution in [3.8, 4) is 6.07 Å². The van der Waals surface area contributed by atoms with Crippen LogP contribution in [0.3, 0.4) is 0 Å². The van der Waals surface area contributed by atoms with Gasteiger partial charge < -0.3 is 11.1 Å². The molecule has 0 heterocycles. The Bertz CT molecular complexity index is 638. The lowest BCUT2D eigenvalue weighted by molar-refractivity contribution is -0.384. The van der Waals surface area contributed by atoms with Gasteiger partial charge in [-0.2, -0.15) is 5.26 Å². The van der Waals surface area contributed by atoms with Crippen LogP contribution in [0, 0.1) is 26.9 Å². The Kier molecular flexibility index (Phi) is 3.91. The Balaban J connectivity index is 2.26. The average molecular weight is 288 g/mol. The molecule has 110 valence electrons. The van der Waals surface area contributed by atoms with Crippen molar-refractivity contribution < 1.29 is 9.72 Å². The molecule has 7 nitrogen and oxygen atoms in total. The van der Waals surface area contributed by atoms with Gasteiger partial charge in [0.25, 0.3) is 5.69 Å². The average Bonchev–Trinajstić information content (AvgIpc) is 2.80. The zero-order valence-electron chi connectivity index (χ0n) is 11.6. The van der Waals surface area contributed by atoms with Gasteiger partial charge in [-0.3, -0.25) is 14.9 Å². The van der Waals surface area contributed by atoms with Crippen molar-refractivity contribution in [2.75, 3.05) is 5.32 Å². The summed E-state index contributed by atoms with van der Waals surface area (Å²) in [7, 11) is 0. The molecule has 0 radical (unpaired) electrons. The number of nitro benzene ring substituents is 1. The van der Waals surface area contributed by atoms with Crippen LogP contribution >= 0.6 is 0 Å². The first-order chi connectivity index (χ1) is 9.88. The molecule has 1 aromatic rings. The summed E-state index contributed by atoms with van der Waals surface area (Å²) in [6.45, 7) is 1.80. The van der Waals surface area contributed by atoms with E-state index in [4.69, 9.17) is 11.0 Å². The minimum atomic E-state index is -0.672. The minimum absolute atomic E-state index is 0.0627. The van der Waals surface area contributed by atoms with E-state index >= 15 is 0 Å². The molecule has 2 atom stereocenters. The quantitative estimate of drug-likeness (QED) is 0.649. The van der Waals surface area contributed by atoms with Gasteiger partial charge in [0.15, 0.2) is 0 Å². The van der Waals surface area contributed by atoms with Gasteiger partial charge in [0.05, 0.1) is 21.6 Å². The monoisotopic (exact) mass is 288 g/mol. The van der Waals surface area contributed by atoms with E-state index in [-0.39, 0.29) is 28.9 Å². The summed E-state index contributed by atoms with van der Waals surface area (Å²) in [5, 5.41) is 22.4. The maximum Gasteiger partial charge on any atom is 0.270 e. The predicted octanol–water partition coefficient (Wildman–Crippen LogP) is 1.92. The van der Waals surface area contributed by atoms with Gasteiger partial charge in [-0.25, -0.2) is 0 Å². The van der Waals surface area contributed by atoms with Crippen molar-refractivity contribution in [2.45, 2.75) is 32.2 Å². The number of nitrogens with one attached hydrogen (secondary N) is 1. The third-order valence-corrected chi connectivity index (χ3v) is 4.13. The number of hydrogen-bond donors (Lipinski definition) is 2. The van der Waals surface area contributed by atoms with E-state index in [2.05, 4.69) is 5.32 Å². The van der Waals surface area contributed by atoms with Crippen molar-refractivity contribution in [1.82, 2.24) is 0 Å². The van der Waals surface area contributed by atoms with Gasteiger partial charge in [-0.1, -0.05) is 6.42 Å². The van der Waals surface area contributed by atoms with Crippen LogP contribution in [0.5, 0.6) is 0 Å². The second-order valence-electron chi connectivity index (χ2n) is 5.47. The van der Waals surface area contributed by atoms with Gasteiger partial charge in [-0.15, -0.1) is 0 Å². The van der Waals surface area contributed by atoms with E-state index in [0.29, 0.717) is 6.42 Å². The second-order valence-corrected chi connectivity index (χ2v) is 5.47. The highest BCUT2D eigenvalue weighted by Crippen LogP contribution is 2.38. The van der Waals surface area contributed by atoms with E-state index in [0.717, 1.165) is 18.9 Å². The van der Waals surface area contributed by atoms with Crippen LogP contribution in [0.25, 0.3) is 0 Å². The molecule has 0 aliphatic heterocycles. The number of rotatable bonds is 3. The van der Waals surface area contributed by atoms with Gasteiger partial charge in [-0.05, 0) is 25.8 Å². The van der Waals surface area contributed by atoms with Crippen molar-refractivity contribution in [1.29, 1.82) is 5.26 Å². The molecular formula is C14H16N4O3. The molecule has 1 saturated carbocycles. The highest BCUT2D eigenvalue weighted by Gasteiger charge is 2.43. The van der Waals surface area contributed by atoms with Crippen LogP contribution in [0.4, 0.5) is 11.4 Å². The molecule has 3 N–H and O–H groups in total. The van der Waals surface area contributed by atoms with Crippen LogP contribution in [-0.2, 0) is 4.79 Å². The minimum Gasteiger partial charge on any atom is -0.327 e. The van der Waals surface area contributed by atoms with Crippen molar-refractivity contribution >= 4 is 17.3 Å². The maximum absolute atomic E-state index is 12.4. The molecule has 1 aromatic carbocycles. The molecule has 0 spiro atoms. The number of carbonyl (C=O) groups excluding carboxylic acids is 1. The highest BCUT2D eigenvalue weighted by molar-refractivity contribution is 5.97. The summed E-state index contributed by atoms with van der Waals surface area (Å²) in [5.41, 5.74) is 5.46. The third kappa shape index (κ3) is 2.71. The molecule has 0 aromatic heterocycles. The highest BCUT2D eigenvalue weighted by atomic mass is 16.6. The van der Waals surface area contributed by atoms with Crippen LogP contribution < -0.4 is 11.1 Å². The second kappa shape index (κ2) is 5.50. The summed E-state index contributed by atoms with van der Waals surface area (Å²) < 4.78 is 0. The van der Waals surface area contributed by atoms with E-state index in [1.165, 1.54) is 12.1 Å². The number of nitrogens with zero attached hydrogens (tertiary/aromatic N) is 2. The third-order valence-electron chi connectivity index (χ3n) is 4.13. The number of amides is 1. The summed E-state index contributed by atoms with van der Waals surface area (Å²) in [5.74, 6) is -0.252. The number of anilines is 1. The summed E-state index contributed by atoms with van der Waals surface area (Å²) >= 11 is 0. The first-order valence-corrected chi connectivity index (χ1v) is 6.64. The Hall–Kier alpha value is -2.46. The standard InChI is InChI=1S/C14H16N4O3/c1-14(6-2-3-12(14)16)13(19)17-11-5-4-10(18(20)21)7-9(11)8-15/h4-5,7,12H,2-3,6,16H2,1H3,(H,17,19). The molecule has 0 saturated heterocycles. The van der Waals surface area contributed by atoms with Gasteiger partial charge >= 0.3 is 0 Å². The fourth-order valence-corrected chi connectivity index (χ4v) is 2.59. The van der Waals surface area contributed by atoms with E-state index in [9.17, 15) is 14.9 Å². The van der Waals surface area contributed by atoms with Gasteiger partial charge in [0, 0.05) is 18.2 Å². The normalized spacial score (nSPS) is 24.3. The van der Waals surface area contributed by atoms with Gasteiger partial charge in [0.1, 0.15) is 6.07 Å². The molecule has 1 amide bonds. The molecule has 1 aliphatic carbocycles. The summed E-state index contributed by atoms with van der Waals surface area (Å²) in [6.07, 6.45) is 2.36. The number of carbonyl (C=O) groups is 1. The lowest BCUT2D eigenvalue weighted by Gasteiger charge is -2.27. The van der Waals surface area contributed by atoms with Crippen LogP contribution in [0.15, 0.2) is 18.2 Å². The van der Waals surface area contributed by atoms with E-state index < -0.39 is 10.3 Å². The van der Waals surface area contributed by atoms with Crippen molar-refractivity contribution in [2.24, 2.45) is 11.1 Å². The number of nitrogens with two attached hydrogens (primary N) is 1. The van der Waals surface area contributed by atoms with E-state index in [1.807, 2.05) is 6.07 Å².